The second kappa shape index (κ2) is 7.69. The van der Waals surface area contributed by atoms with E-state index < -0.39 is 40.5 Å². The van der Waals surface area contributed by atoms with Crippen molar-refractivity contribution in [2.45, 2.75) is 19.8 Å². The summed E-state index contributed by atoms with van der Waals surface area (Å²) >= 11 is 0. The maximum atomic E-state index is 13.6. The highest BCUT2D eigenvalue weighted by Gasteiger charge is 2.42. The number of hydrogen-bond acceptors (Lipinski definition) is 8. The Morgan fingerprint density at radius 2 is 1.26 bits per heavy atom. The molecule has 188 valence electrons. The maximum absolute atomic E-state index is 13.6. The van der Waals surface area contributed by atoms with Crippen LogP contribution in [-0.2, 0) is 0 Å². The lowest BCUT2D eigenvalue weighted by molar-refractivity contribution is 0.0974. The van der Waals surface area contributed by atoms with Crippen LogP contribution in [0.15, 0.2) is 48.5 Å². The molecule has 1 atom stereocenters. The molecule has 0 spiro atoms. The first kappa shape index (κ1) is 23.3. The standard InChI is InChI=1S/C30H20O8/c1-11-8-16-22(18(32)9-11)29(37)23-15(27(16)35)7-6-14(28(23)36)20-13-4-3-5-17(31)21(13)30(38)24-19(33)10-12(2)26(34)25(20)24/h3-10,20,31-34,36H,1-2H3/t20-/m0/s1. The van der Waals surface area contributed by atoms with Crippen LogP contribution in [0.1, 0.15) is 81.5 Å². The summed E-state index contributed by atoms with van der Waals surface area (Å²) in [6.07, 6.45) is 0. The monoisotopic (exact) mass is 508 g/mol. The number of ketones is 3. The van der Waals surface area contributed by atoms with Gasteiger partial charge in [0.15, 0.2) is 5.78 Å². The fraction of sp³-hybridized carbons (Fsp3) is 0.100. The smallest absolute Gasteiger partial charge is 0.201 e. The molecule has 5 N–H and O–H groups in total. The highest BCUT2D eigenvalue weighted by Crippen LogP contribution is 2.53. The third kappa shape index (κ3) is 2.88. The summed E-state index contributed by atoms with van der Waals surface area (Å²) in [4.78, 5) is 40.2. The summed E-state index contributed by atoms with van der Waals surface area (Å²) in [7, 11) is 0. The number of aromatic hydroxyl groups is 5. The number of hydrogen-bond donors (Lipinski definition) is 5. The second-order valence-corrected chi connectivity index (χ2v) is 9.64. The van der Waals surface area contributed by atoms with Gasteiger partial charge in [0, 0.05) is 28.2 Å². The molecule has 2 aliphatic rings. The maximum Gasteiger partial charge on any atom is 0.201 e. The van der Waals surface area contributed by atoms with Gasteiger partial charge in [-0.15, -0.1) is 0 Å². The largest absolute Gasteiger partial charge is 0.507 e. The molecule has 0 saturated heterocycles. The van der Waals surface area contributed by atoms with Crippen LogP contribution >= 0.6 is 0 Å². The Hall–Kier alpha value is -5.11. The van der Waals surface area contributed by atoms with Crippen molar-refractivity contribution >= 4 is 17.3 Å². The van der Waals surface area contributed by atoms with Crippen molar-refractivity contribution in [3.8, 4) is 28.7 Å². The van der Waals surface area contributed by atoms with E-state index in [9.17, 15) is 39.9 Å². The third-order valence-electron chi connectivity index (χ3n) is 7.36. The summed E-state index contributed by atoms with van der Waals surface area (Å²) < 4.78 is 0. The van der Waals surface area contributed by atoms with E-state index in [0.717, 1.165) is 0 Å². The number of benzene rings is 4. The first-order valence-corrected chi connectivity index (χ1v) is 11.7. The zero-order valence-electron chi connectivity index (χ0n) is 20.2. The van der Waals surface area contributed by atoms with Crippen molar-refractivity contribution in [2.24, 2.45) is 0 Å². The SMILES string of the molecule is Cc1cc(O)c2c(c1)C(=O)c1ccc([C@@H]3c4cccc(O)c4C(=O)c4c(O)cc(C)c(O)c43)c(O)c1C2=O. The van der Waals surface area contributed by atoms with Crippen LogP contribution in [0.4, 0.5) is 0 Å². The van der Waals surface area contributed by atoms with E-state index in [4.69, 9.17) is 0 Å². The van der Waals surface area contributed by atoms with E-state index in [0.29, 0.717) is 5.56 Å². The normalized spacial score (nSPS) is 15.5. The van der Waals surface area contributed by atoms with Gasteiger partial charge in [0.2, 0.25) is 11.6 Å². The average Bonchev–Trinajstić information content (AvgIpc) is 2.85. The fourth-order valence-corrected chi connectivity index (χ4v) is 5.70. The molecule has 8 heteroatoms. The van der Waals surface area contributed by atoms with Gasteiger partial charge in [0.1, 0.15) is 28.7 Å². The van der Waals surface area contributed by atoms with Crippen LogP contribution in [0.25, 0.3) is 0 Å². The number of phenols is 5. The highest BCUT2D eigenvalue weighted by molar-refractivity contribution is 6.30. The highest BCUT2D eigenvalue weighted by atomic mass is 16.3. The minimum absolute atomic E-state index is 0.00527. The molecular weight excluding hydrogens is 488 g/mol. The van der Waals surface area contributed by atoms with Crippen LogP contribution in [0.3, 0.4) is 0 Å². The third-order valence-corrected chi connectivity index (χ3v) is 7.36. The molecule has 38 heavy (non-hydrogen) atoms. The molecule has 0 unspecified atom stereocenters. The summed E-state index contributed by atoms with van der Waals surface area (Å²) in [5, 5.41) is 54.4. The van der Waals surface area contributed by atoms with Crippen LogP contribution in [0, 0.1) is 13.8 Å². The van der Waals surface area contributed by atoms with Crippen molar-refractivity contribution in [3.05, 3.63) is 110 Å². The Morgan fingerprint density at radius 3 is 2.00 bits per heavy atom. The van der Waals surface area contributed by atoms with E-state index in [1.54, 1.807) is 6.92 Å². The van der Waals surface area contributed by atoms with Crippen molar-refractivity contribution in [1.29, 1.82) is 0 Å². The first-order valence-electron chi connectivity index (χ1n) is 11.7. The molecule has 0 aliphatic heterocycles. The molecule has 4 aromatic carbocycles. The first-order chi connectivity index (χ1) is 18.0. The number of rotatable bonds is 1. The fourth-order valence-electron chi connectivity index (χ4n) is 5.70. The lowest BCUT2D eigenvalue weighted by atomic mass is 9.71. The van der Waals surface area contributed by atoms with Gasteiger partial charge in [-0.2, -0.15) is 0 Å². The van der Waals surface area contributed by atoms with Crippen molar-refractivity contribution in [2.75, 3.05) is 0 Å². The van der Waals surface area contributed by atoms with E-state index in [-0.39, 0.29) is 67.1 Å². The van der Waals surface area contributed by atoms with Gasteiger partial charge in [-0.3, -0.25) is 14.4 Å². The minimum atomic E-state index is -1.10. The molecule has 2 aliphatic carbocycles. The van der Waals surface area contributed by atoms with Crippen molar-refractivity contribution < 1.29 is 39.9 Å². The number of carbonyl (C=O) groups is 3. The van der Waals surface area contributed by atoms with Crippen molar-refractivity contribution in [1.82, 2.24) is 0 Å². The Kier molecular flexibility index (Phi) is 4.72. The van der Waals surface area contributed by atoms with Crippen molar-refractivity contribution in [3.63, 3.8) is 0 Å². The van der Waals surface area contributed by atoms with Gasteiger partial charge in [-0.25, -0.2) is 0 Å². The van der Waals surface area contributed by atoms with Crippen LogP contribution in [0.2, 0.25) is 0 Å². The molecule has 0 saturated carbocycles. The molecule has 0 aromatic heterocycles. The van der Waals surface area contributed by atoms with Crippen LogP contribution in [-0.4, -0.2) is 42.9 Å². The molecule has 0 radical (unpaired) electrons. The summed E-state index contributed by atoms with van der Waals surface area (Å²) in [5.41, 5.74) is 0.165. The minimum Gasteiger partial charge on any atom is -0.507 e. The summed E-state index contributed by atoms with van der Waals surface area (Å²) in [6.45, 7) is 3.21. The zero-order chi connectivity index (χ0) is 27.2. The van der Waals surface area contributed by atoms with Gasteiger partial charge in [0.25, 0.3) is 0 Å². The predicted molar refractivity (Wildman–Crippen MR) is 135 cm³/mol. The molecule has 0 heterocycles. The van der Waals surface area contributed by atoms with E-state index >= 15 is 0 Å². The topological polar surface area (TPSA) is 152 Å². The Balaban J connectivity index is 1.68. The zero-order valence-corrected chi connectivity index (χ0v) is 20.2. The Bertz CT molecular complexity index is 1800. The van der Waals surface area contributed by atoms with E-state index in [1.807, 2.05) is 0 Å². The van der Waals surface area contributed by atoms with Crippen LogP contribution < -0.4 is 0 Å². The Labute approximate surface area is 215 Å². The predicted octanol–water partition coefficient (Wildman–Crippen LogP) is 4.33. The lowest BCUT2D eigenvalue weighted by Gasteiger charge is -2.31. The van der Waals surface area contributed by atoms with E-state index in [2.05, 4.69) is 0 Å². The number of aryl methyl sites for hydroxylation is 2. The van der Waals surface area contributed by atoms with Crippen LogP contribution in [0.5, 0.6) is 28.7 Å². The summed E-state index contributed by atoms with van der Waals surface area (Å²) in [6, 6.07) is 11.2. The van der Waals surface area contributed by atoms with Gasteiger partial charge >= 0.3 is 0 Å². The van der Waals surface area contributed by atoms with Gasteiger partial charge in [-0.05, 0) is 60.9 Å². The lowest BCUT2D eigenvalue weighted by Crippen LogP contribution is -2.24. The van der Waals surface area contributed by atoms with Gasteiger partial charge < -0.3 is 25.5 Å². The molecule has 0 bridgehead atoms. The number of phenolic OH excluding ortho intramolecular Hbond substituents is 5. The quantitative estimate of drug-likeness (QED) is 0.206. The Morgan fingerprint density at radius 1 is 0.579 bits per heavy atom. The number of fused-ring (bicyclic) bond motifs is 4. The molecule has 8 nitrogen and oxygen atoms in total. The van der Waals surface area contributed by atoms with E-state index in [1.165, 1.54) is 55.5 Å². The molecule has 0 amide bonds. The molecule has 4 aromatic rings. The van der Waals surface area contributed by atoms with Gasteiger partial charge in [-0.1, -0.05) is 18.2 Å². The van der Waals surface area contributed by atoms with Gasteiger partial charge in [0.05, 0.1) is 22.3 Å². The number of carbonyl (C=O) groups excluding carboxylic acids is 3. The summed E-state index contributed by atoms with van der Waals surface area (Å²) in [5.74, 6) is -5.18. The molecule has 6 rings (SSSR count). The molecular formula is C30H20O8. The molecule has 0 fully saturated rings. The average molecular weight is 508 g/mol. The second-order valence-electron chi connectivity index (χ2n) is 9.64.